The lowest BCUT2D eigenvalue weighted by atomic mass is 10.1. The number of hydrogen-bond acceptors (Lipinski definition) is 6. The number of nitrogens with one attached hydrogen (secondary N) is 1. The fraction of sp³-hybridized carbons (Fsp3) is 0.318. The average molecular weight is 449 g/mol. The summed E-state index contributed by atoms with van der Waals surface area (Å²) in [6.45, 7) is 4.29. The topological polar surface area (TPSA) is 94.2 Å². The van der Waals surface area contributed by atoms with E-state index in [4.69, 9.17) is 14.2 Å². The van der Waals surface area contributed by atoms with Crippen molar-refractivity contribution < 1.29 is 27.4 Å². The molecule has 0 saturated heterocycles. The second kappa shape index (κ2) is 10.8. The molecule has 0 aliphatic rings. The number of rotatable bonds is 10. The fourth-order valence-electron chi connectivity index (χ4n) is 3.00. The monoisotopic (exact) mass is 448 g/mol. The van der Waals surface area contributed by atoms with Crippen LogP contribution in [0, 0.1) is 0 Å². The lowest BCUT2D eigenvalue weighted by Gasteiger charge is -2.18. The van der Waals surface area contributed by atoms with Gasteiger partial charge in [-0.05, 0) is 42.0 Å². The molecule has 0 fully saturated rings. The summed E-state index contributed by atoms with van der Waals surface area (Å²) in [6.07, 6.45) is 2.93. The van der Waals surface area contributed by atoms with Crippen LogP contribution in [0.4, 0.5) is 5.69 Å². The minimum absolute atomic E-state index is 0.127. The van der Waals surface area contributed by atoms with Gasteiger partial charge in [0.15, 0.2) is 11.5 Å². The third-order valence-corrected chi connectivity index (χ3v) is 6.60. The van der Waals surface area contributed by atoms with Gasteiger partial charge < -0.3 is 19.5 Å². The minimum Gasteiger partial charge on any atom is -0.493 e. The molecule has 0 radical (unpaired) electrons. The van der Waals surface area contributed by atoms with Crippen molar-refractivity contribution >= 4 is 27.7 Å². The largest absolute Gasteiger partial charge is 0.493 e. The number of amides is 1. The molecule has 0 bridgehead atoms. The molecule has 168 valence electrons. The Morgan fingerprint density at radius 1 is 1.00 bits per heavy atom. The number of carbonyl (C=O) groups is 1. The van der Waals surface area contributed by atoms with Crippen molar-refractivity contribution in [1.82, 2.24) is 4.31 Å². The first kappa shape index (κ1) is 24.2. The van der Waals surface area contributed by atoms with Gasteiger partial charge in [-0.15, -0.1) is 0 Å². The van der Waals surface area contributed by atoms with Gasteiger partial charge >= 0.3 is 0 Å². The van der Waals surface area contributed by atoms with Crippen molar-refractivity contribution in [3.8, 4) is 17.2 Å². The molecular formula is C22H28N2O6S. The Bertz CT molecular complexity index is 1020. The first-order valence-electron chi connectivity index (χ1n) is 9.69. The van der Waals surface area contributed by atoms with Crippen LogP contribution in [0.1, 0.15) is 19.4 Å². The van der Waals surface area contributed by atoms with Gasteiger partial charge in [-0.1, -0.05) is 19.9 Å². The maximum atomic E-state index is 12.7. The molecule has 0 unspecified atom stereocenters. The van der Waals surface area contributed by atoms with E-state index in [1.165, 1.54) is 43.8 Å². The summed E-state index contributed by atoms with van der Waals surface area (Å²) in [5, 5.41) is 2.68. The second-order valence-corrected chi connectivity index (χ2v) is 8.34. The van der Waals surface area contributed by atoms with Crippen LogP contribution in [0.25, 0.3) is 6.08 Å². The standard InChI is InChI=1S/C22H28N2O6S/c1-6-24(7-2)31(26,27)18-10-8-9-17(15-18)23-21(25)12-11-16-13-19(28-3)22(30-5)20(14-16)29-4/h8-15H,6-7H2,1-5H3,(H,23,25)/b12-11+. The van der Waals surface area contributed by atoms with Crippen molar-refractivity contribution in [2.75, 3.05) is 39.7 Å². The van der Waals surface area contributed by atoms with Crippen molar-refractivity contribution in [3.05, 3.63) is 48.0 Å². The van der Waals surface area contributed by atoms with Crippen LogP contribution in [0.2, 0.25) is 0 Å². The summed E-state index contributed by atoms with van der Waals surface area (Å²) in [5.41, 5.74) is 1.05. The number of nitrogens with zero attached hydrogens (tertiary/aromatic N) is 1. The summed E-state index contributed by atoms with van der Waals surface area (Å²) in [4.78, 5) is 12.5. The van der Waals surface area contributed by atoms with Crippen molar-refractivity contribution in [1.29, 1.82) is 0 Å². The van der Waals surface area contributed by atoms with E-state index in [9.17, 15) is 13.2 Å². The average Bonchev–Trinajstić information content (AvgIpc) is 2.77. The number of benzene rings is 2. The zero-order valence-corrected chi connectivity index (χ0v) is 19.2. The molecule has 2 rings (SSSR count). The van der Waals surface area contributed by atoms with E-state index in [1.54, 1.807) is 44.2 Å². The number of carbonyl (C=O) groups excluding carboxylic acids is 1. The van der Waals surface area contributed by atoms with Crippen LogP contribution >= 0.6 is 0 Å². The normalized spacial score (nSPS) is 11.5. The molecule has 0 saturated carbocycles. The SMILES string of the molecule is CCN(CC)S(=O)(=O)c1cccc(NC(=O)/C=C/c2cc(OC)c(OC)c(OC)c2)c1. The van der Waals surface area contributed by atoms with Crippen LogP contribution in [0.15, 0.2) is 47.4 Å². The Morgan fingerprint density at radius 2 is 1.61 bits per heavy atom. The molecule has 8 nitrogen and oxygen atoms in total. The van der Waals surface area contributed by atoms with E-state index < -0.39 is 15.9 Å². The Kier molecular flexibility index (Phi) is 8.47. The third-order valence-electron chi connectivity index (χ3n) is 4.56. The number of ether oxygens (including phenoxy) is 3. The van der Waals surface area contributed by atoms with Gasteiger partial charge in [-0.3, -0.25) is 4.79 Å². The zero-order chi connectivity index (χ0) is 23.0. The van der Waals surface area contributed by atoms with Crippen LogP contribution in [-0.2, 0) is 14.8 Å². The second-order valence-electron chi connectivity index (χ2n) is 6.40. The predicted molar refractivity (Wildman–Crippen MR) is 120 cm³/mol. The molecular weight excluding hydrogens is 420 g/mol. The van der Waals surface area contributed by atoms with Crippen LogP contribution in [-0.4, -0.2) is 53.0 Å². The van der Waals surface area contributed by atoms with E-state index in [1.807, 2.05) is 0 Å². The van der Waals surface area contributed by atoms with E-state index in [-0.39, 0.29) is 4.90 Å². The minimum atomic E-state index is -3.61. The van der Waals surface area contributed by atoms with E-state index >= 15 is 0 Å². The first-order chi connectivity index (χ1) is 14.8. The van der Waals surface area contributed by atoms with Gasteiger partial charge in [-0.2, -0.15) is 4.31 Å². The molecule has 31 heavy (non-hydrogen) atoms. The van der Waals surface area contributed by atoms with E-state index in [0.29, 0.717) is 41.6 Å². The molecule has 1 amide bonds. The number of hydrogen-bond donors (Lipinski definition) is 1. The summed E-state index contributed by atoms with van der Waals surface area (Å²) in [5.74, 6) is 0.983. The van der Waals surface area contributed by atoms with Gasteiger partial charge in [-0.25, -0.2) is 8.42 Å². The quantitative estimate of drug-likeness (QED) is 0.560. The summed E-state index contributed by atoms with van der Waals surface area (Å²) >= 11 is 0. The maximum Gasteiger partial charge on any atom is 0.248 e. The molecule has 2 aromatic rings. The molecule has 0 spiro atoms. The smallest absolute Gasteiger partial charge is 0.248 e. The van der Waals surface area contributed by atoms with Gasteiger partial charge in [0.05, 0.1) is 26.2 Å². The van der Waals surface area contributed by atoms with Gasteiger partial charge in [0.25, 0.3) is 0 Å². The van der Waals surface area contributed by atoms with Gasteiger partial charge in [0, 0.05) is 24.9 Å². The Labute approximate surface area is 183 Å². The maximum absolute atomic E-state index is 12.7. The molecule has 0 atom stereocenters. The van der Waals surface area contributed by atoms with Gasteiger partial charge in [0.1, 0.15) is 0 Å². The highest BCUT2D eigenvalue weighted by atomic mass is 32.2. The number of methoxy groups -OCH3 is 3. The van der Waals surface area contributed by atoms with Crippen LogP contribution < -0.4 is 19.5 Å². The van der Waals surface area contributed by atoms with Crippen molar-refractivity contribution in [2.45, 2.75) is 18.7 Å². The molecule has 9 heteroatoms. The zero-order valence-electron chi connectivity index (χ0n) is 18.3. The fourth-order valence-corrected chi connectivity index (χ4v) is 4.50. The molecule has 0 aliphatic carbocycles. The number of anilines is 1. The molecule has 0 heterocycles. The van der Waals surface area contributed by atoms with Crippen LogP contribution in [0.5, 0.6) is 17.2 Å². The predicted octanol–water partition coefficient (Wildman–Crippen LogP) is 3.39. The summed E-state index contributed by atoms with van der Waals surface area (Å²) in [6, 6.07) is 9.60. The lowest BCUT2D eigenvalue weighted by molar-refractivity contribution is -0.111. The highest BCUT2D eigenvalue weighted by Crippen LogP contribution is 2.38. The Hall–Kier alpha value is -3.04. The van der Waals surface area contributed by atoms with Crippen molar-refractivity contribution in [2.24, 2.45) is 0 Å². The highest BCUT2D eigenvalue weighted by molar-refractivity contribution is 7.89. The summed E-state index contributed by atoms with van der Waals surface area (Å²) in [7, 11) is 0.921. The molecule has 1 N–H and O–H groups in total. The Morgan fingerprint density at radius 3 is 2.13 bits per heavy atom. The molecule has 2 aromatic carbocycles. The van der Waals surface area contributed by atoms with E-state index in [2.05, 4.69) is 5.32 Å². The van der Waals surface area contributed by atoms with Crippen molar-refractivity contribution in [3.63, 3.8) is 0 Å². The third kappa shape index (κ3) is 5.77. The van der Waals surface area contributed by atoms with E-state index in [0.717, 1.165) is 0 Å². The lowest BCUT2D eigenvalue weighted by Crippen LogP contribution is -2.30. The molecule has 0 aliphatic heterocycles. The highest BCUT2D eigenvalue weighted by Gasteiger charge is 2.21. The number of sulfonamides is 1. The van der Waals surface area contributed by atoms with Gasteiger partial charge in [0.2, 0.25) is 21.7 Å². The Balaban J connectivity index is 2.21. The summed E-state index contributed by atoms with van der Waals surface area (Å²) < 4.78 is 42.6. The van der Waals surface area contributed by atoms with Crippen LogP contribution in [0.3, 0.4) is 0 Å². The molecule has 0 aromatic heterocycles. The first-order valence-corrected chi connectivity index (χ1v) is 11.1.